The van der Waals surface area contributed by atoms with Gasteiger partial charge in [0.05, 0.1) is 11.5 Å². The predicted octanol–water partition coefficient (Wildman–Crippen LogP) is 7.70. The van der Waals surface area contributed by atoms with Gasteiger partial charge in [-0.25, -0.2) is 13.2 Å². The minimum absolute atomic E-state index is 0.0111. The van der Waals surface area contributed by atoms with Crippen molar-refractivity contribution >= 4 is 22.0 Å². The van der Waals surface area contributed by atoms with Crippen molar-refractivity contribution in [3.8, 4) is 17.2 Å². The van der Waals surface area contributed by atoms with Gasteiger partial charge in [0.25, 0.3) is 5.92 Å². The summed E-state index contributed by atoms with van der Waals surface area (Å²) in [4.78, 5) is 27.2. The molecule has 0 radical (unpaired) electrons. The van der Waals surface area contributed by atoms with Gasteiger partial charge < -0.3 is 24.4 Å². The van der Waals surface area contributed by atoms with E-state index in [1.54, 1.807) is 39.0 Å². The average molecular weight is 742 g/mol. The first-order chi connectivity index (χ1) is 24.6. The zero-order valence-corrected chi connectivity index (χ0v) is 31.0. The summed E-state index contributed by atoms with van der Waals surface area (Å²) in [5.74, 6) is -3.67. The molecule has 3 aromatic rings. The van der Waals surface area contributed by atoms with Gasteiger partial charge in [-0.15, -0.1) is 0 Å². The van der Waals surface area contributed by atoms with Crippen molar-refractivity contribution in [3.63, 3.8) is 0 Å². The maximum atomic E-state index is 16.7. The van der Waals surface area contributed by atoms with Crippen LogP contribution in [0.15, 0.2) is 77.7 Å². The first-order valence-electron chi connectivity index (χ1n) is 17.9. The van der Waals surface area contributed by atoms with Crippen LogP contribution >= 0.6 is 0 Å². The normalized spacial score (nSPS) is 16.9. The van der Waals surface area contributed by atoms with Gasteiger partial charge in [0.2, 0.25) is 15.9 Å². The number of alkyl halides is 2. The summed E-state index contributed by atoms with van der Waals surface area (Å²) in [5.41, 5.74) is -0.402. The fourth-order valence-corrected chi connectivity index (χ4v) is 7.62. The van der Waals surface area contributed by atoms with Crippen LogP contribution in [-0.4, -0.2) is 62.7 Å². The third-order valence-corrected chi connectivity index (χ3v) is 10.6. The number of benzene rings is 3. The van der Waals surface area contributed by atoms with E-state index in [0.29, 0.717) is 24.0 Å². The molecule has 2 aliphatic rings. The van der Waals surface area contributed by atoms with Crippen LogP contribution in [0.5, 0.6) is 17.2 Å². The molecule has 1 saturated heterocycles. The van der Waals surface area contributed by atoms with Crippen molar-refractivity contribution in [2.45, 2.75) is 101 Å². The Morgan fingerprint density at radius 3 is 2.13 bits per heavy atom. The number of aryl methyl sites for hydroxylation is 1. The van der Waals surface area contributed by atoms with Gasteiger partial charge in [0, 0.05) is 24.7 Å². The number of hydrogen-bond donors (Lipinski definition) is 2. The molecule has 0 bridgehead atoms. The first kappa shape index (κ1) is 39.0. The minimum atomic E-state index is -4.63. The number of carbonyl (C=O) groups excluding carboxylic acids is 2. The van der Waals surface area contributed by atoms with Gasteiger partial charge >= 0.3 is 6.09 Å². The lowest BCUT2D eigenvalue weighted by molar-refractivity contribution is -0.145. The van der Waals surface area contributed by atoms with Gasteiger partial charge in [0.1, 0.15) is 22.8 Å². The first-order valence-corrected chi connectivity index (χ1v) is 19.3. The van der Waals surface area contributed by atoms with Gasteiger partial charge in [-0.1, -0.05) is 43.5 Å². The molecule has 2 N–H and O–H groups in total. The van der Waals surface area contributed by atoms with Gasteiger partial charge in [-0.05, 0) is 113 Å². The van der Waals surface area contributed by atoms with Crippen LogP contribution in [-0.2, 0) is 25.5 Å². The van der Waals surface area contributed by atoms with Crippen molar-refractivity contribution in [1.82, 2.24) is 14.9 Å². The number of piperidine rings is 1. The van der Waals surface area contributed by atoms with E-state index < -0.39 is 45.2 Å². The lowest BCUT2D eigenvalue weighted by Gasteiger charge is -2.36. The molecule has 5 rings (SSSR count). The number of nitrogens with one attached hydrogen (secondary N) is 2. The smallest absolute Gasteiger partial charge is 0.407 e. The Morgan fingerprint density at radius 1 is 0.865 bits per heavy atom. The average Bonchev–Trinajstić information content (AvgIpc) is 3.10. The molecule has 0 aromatic heterocycles. The Bertz CT molecular complexity index is 1780. The van der Waals surface area contributed by atoms with E-state index in [2.05, 4.69) is 10.0 Å². The van der Waals surface area contributed by atoms with Gasteiger partial charge in [0.15, 0.2) is 6.04 Å². The zero-order chi connectivity index (χ0) is 37.5. The van der Waals surface area contributed by atoms with Crippen LogP contribution in [0, 0.1) is 12.8 Å². The predicted molar refractivity (Wildman–Crippen MR) is 193 cm³/mol. The number of sulfonamides is 1. The van der Waals surface area contributed by atoms with Crippen molar-refractivity contribution in [3.05, 3.63) is 83.9 Å². The molecule has 1 aliphatic carbocycles. The van der Waals surface area contributed by atoms with Crippen LogP contribution < -0.4 is 19.5 Å². The molecule has 1 heterocycles. The second kappa shape index (κ2) is 16.6. The fourth-order valence-electron chi connectivity index (χ4n) is 6.44. The summed E-state index contributed by atoms with van der Waals surface area (Å²) >= 11 is 0. The minimum Gasteiger partial charge on any atom is -0.493 e. The highest BCUT2D eigenvalue weighted by Crippen LogP contribution is 2.37. The topological polar surface area (TPSA) is 123 Å². The molecular formula is C39H49F2N3O7S. The maximum absolute atomic E-state index is 16.7. The van der Waals surface area contributed by atoms with E-state index in [1.165, 1.54) is 47.7 Å². The highest BCUT2D eigenvalue weighted by atomic mass is 32.2. The number of halogens is 2. The van der Waals surface area contributed by atoms with E-state index in [9.17, 15) is 18.0 Å². The summed E-state index contributed by atoms with van der Waals surface area (Å²) in [6.07, 6.45) is 5.61. The molecule has 282 valence electrons. The number of ether oxygens (including phenoxy) is 3. The largest absolute Gasteiger partial charge is 0.493 e. The number of rotatable bonds is 12. The van der Waals surface area contributed by atoms with Gasteiger partial charge in [-0.3, -0.25) is 4.79 Å². The van der Waals surface area contributed by atoms with Crippen molar-refractivity contribution in [2.75, 3.05) is 19.7 Å². The highest BCUT2D eigenvalue weighted by Gasteiger charge is 2.50. The number of carbonyl (C=O) groups is 2. The van der Waals surface area contributed by atoms with Crippen molar-refractivity contribution in [1.29, 1.82) is 0 Å². The third kappa shape index (κ3) is 10.7. The Kier molecular flexibility index (Phi) is 12.5. The number of amides is 2. The van der Waals surface area contributed by atoms with E-state index >= 15 is 8.78 Å². The van der Waals surface area contributed by atoms with Crippen LogP contribution in [0.2, 0.25) is 0 Å². The van der Waals surface area contributed by atoms with E-state index in [4.69, 9.17) is 14.2 Å². The zero-order valence-electron chi connectivity index (χ0n) is 30.2. The van der Waals surface area contributed by atoms with Crippen LogP contribution in [0.25, 0.3) is 0 Å². The van der Waals surface area contributed by atoms with E-state index in [-0.39, 0.29) is 42.6 Å². The Balaban J connectivity index is 1.36. The van der Waals surface area contributed by atoms with Crippen molar-refractivity contribution < 1.29 is 41.0 Å². The fraction of sp³-hybridized carbons (Fsp3) is 0.487. The molecule has 1 atom stereocenters. The summed E-state index contributed by atoms with van der Waals surface area (Å²) < 4.78 is 79.9. The Labute approximate surface area is 305 Å². The van der Waals surface area contributed by atoms with E-state index in [1.807, 2.05) is 13.0 Å². The Morgan fingerprint density at radius 2 is 1.50 bits per heavy atom. The highest BCUT2D eigenvalue weighted by molar-refractivity contribution is 7.89. The SMILES string of the molecule is Cc1cccc(Oc2cccc(C(F)(F)C(NS(=O)(=O)c3ccc(OCC4CCCCC4)cc3)C(=O)N3CCC(NC(=O)OC(C)(C)C)CC3)c2)c1. The lowest BCUT2D eigenvalue weighted by atomic mass is 9.90. The van der Waals surface area contributed by atoms with Gasteiger partial charge in [-0.2, -0.15) is 13.5 Å². The number of nitrogens with zero attached hydrogens (tertiary/aromatic N) is 1. The van der Waals surface area contributed by atoms with Crippen LogP contribution in [0.4, 0.5) is 13.6 Å². The number of likely N-dealkylation sites (tertiary alicyclic amines) is 1. The Hall–Kier alpha value is -4.23. The molecule has 10 nitrogen and oxygen atoms in total. The van der Waals surface area contributed by atoms with Crippen molar-refractivity contribution in [2.24, 2.45) is 5.92 Å². The molecule has 1 unspecified atom stereocenters. The quantitative estimate of drug-likeness (QED) is 0.195. The molecule has 0 spiro atoms. The second-order valence-electron chi connectivity index (χ2n) is 14.7. The lowest BCUT2D eigenvalue weighted by Crippen LogP contribution is -2.58. The number of alkyl carbamates (subject to hydrolysis) is 1. The summed E-state index contributed by atoms with van der Waals surface area (Å²) in [6.45, 7) is 7.62. The third-order valence-electron chi connectivity index (χ3n) is 9.20. The number of hydrogen-bond acceptors (Lipinski definition) is 7. The van der Waals surface area contributed by atoms with Crippen LogP contribution in [0.3, 0.4) is 0 Å². The maximum Gasteiger partial charge on any atom is 0.407 e. The molecular weight excluding hydrogens is 693 g/mol. The molecule has 2 fully saturated rings. The standard InChI is InChI=1S/C39H49F2N3O7S/c1-27-10-8-14-32(24-27)50-33-15-9-13-29(25-33)39(40,41)35(36(45)44-22-20-30(21-23-44)42-37(46)51-38(2,3)4)43-52(47,48)34-18-16-31(17-19-34)49-26-28-11-6-5-7-12-28/h8-10,13-19,24-25,28,30,35,43H,5-7,11-12,20-23,26H2,1-4H3,(H,42,46). The summed E-state index contributed by atoms with van der Waals surface area (Å²) in [6, 6.07) is 14.9. The summed E-state index contributed by atoms with van der Waals surface area (Å²) in [7, 11) is -4.63. The molecule has 13 heteroatoms. The molecule has 1 saturated carbocycles. The van der Waals surface area contributed by atoms with Crippen LogP contribution in [0.1, 0.15) is 76.8 Å². The summed E-state index contributed by atoms with van der Waals surface area (Å²) in [5, 5.41) is 2.76. The molecule has 3 aromatic carbocycles. The van der Waals surface area contributed by atoms with E-state index in [0.717, 1.165) is 43.4 Å². The molecule has 52 heavy (non-hydrogen) atoms. The second-order valence-corrected chi connectivity index (χ2v) is 16.4. The monoisotopic (exact) mass is 741 g/mol. The molecule has 2 amide bonds. The molecule has 1 aliphatic heterocycles.